The number of likely N-dealkylation sites (tertiary alicyclic amines) is 1. The normalized spacial score (nSPS) is 30.7. The Morgan fingerprint density at radius 1 is 1.14 bits per heavy atom. The average molecular weight is 297 g/mol. The van der Waals surface area contributed by atoms with Gasteiger partial charge in [-0.25, -0.2) is 0 Å². The van der Waals surface area contributed by atoms with E-state index in [1.54, 1.807) is 0 Å². The fraction of sp³-hybridized carbons (Fsp3) is 0.938. The summed E-state index contributed by atoms with van der Waals surface area (Å²) in [5.74, 6) is 0.587. The molecule has 122 valence electrons. The Labute approximate surface area is 128 Å². The predicted octanol–water partition coefficient (Wildman–Crippen LogP) is 1.07. The molecule has 2 saturated heterocycles. The molecule has 2 rings (SSSR count). The van der Waals surface area contributed by atoms with Crippen LogP contribution >= 0.6 is 0 Å². The van der Waals surface area contributed by atoms with Gasteiger partial charge in [0.2, 0.25) is 5.91 Å². The molecule has 0 spiro atoms. The number of piperidine rings is 1. The number of hydrogen-bond acceptors (Lipinski definition) is 4. The first-order valence-electron chi connectivity index (χ1n) is 8.32. The van der Waals surface area contributed by atoms with E-state index < -0.39 is 0 Å². The second kappa shape index (κ2) is 7.07. The number of nitrogens with zero attached hydrogens (tertiary/aromatic N) is 2. The van der Waals surface area contributed by atoms with E-state index in [2.05, 4.69) is 32.6 Å². The minimum atomic E-state index is -0.0341. The number of nitrogens with two attached hydrogens (primary N) is 1. The molecule has 2 aliphatic rings. The lowest BCUT2D eigenvalue weighted by Gasteiger charge is -2.43. The monoisotopic (exact) mass is 297 g/mol. The standard InChI is InChI=1S/C16H31N3O2/c1-11(2)15(19-9-12(3)21-13(4)10-19)16(20)18-7-5-14(17)6-8-18/h11-15H,5-10,17H2,1-4H3. The molecule has 2 heterocycles. The van der Waals surface area contributed by atoms with Crippen LogP contribution < -0.4 is 5.73 Å². The summed E-state index contributed by atoms with van der Waals surface area (Å²) in [6.45, 7) is 11.7. The second-order valence-corrected chi connectivity index (χ2v) is 7.06. The number of amides is 1. The zero-order valence-corrected chi connectivity index (χ0v) is 13.9. The smallest absolute Gasteiger partial charge is 0.240 e. The van der Waals surface area contributed by atoms with Crippen LogP contribution in [0.3, 0.4) is 0 Å². The van der Waals surface area contributed by atoms with Crippen LogP contribution in [0.4, 0.5) is 0 Å². The van der Waals surface area contributed by atoms with Crippen molar-refractivity contribution in [2.45, 2.75) is 64.8 Å². The lowest BCUT2D eigenvalue weighted by atomic mass is 9.97. The van der Waals surface area contributed by atoms with Crippen LogP contribution in [0.15, 0.2) is 0 Å². The summed E-state index contributed by atoms with van der Waals surface area (Å²) in [4.78, 5) is 17.3. The maximum absolute atomic E-state index is 13.0. The van der Waals surface area contributed by atoms with E-state index in [9.17, 15) is 4.79 Å². The van der Waals surface area contributed by atoms with Crippen molar-refractivity contribution in [2.24, 2.45) is 11.7 Å². The third-order valence-electron chi connectivity index (χ3n) is 4.58. The molecule has 5 heteroatoms. The van der Waals surface area contributed by atoms with Gasteiger partial charge in [-0.15, -0.1) is 0 Å². The van der Waals surface area contributed by atoms with Crippen molar-refractivity contribution in [2.75, 3.05) is 26.2 Å². The molecule has 2 aliphatic heterocycles. The number of morpholine rings is 1. The molecule has 2 fully saturated rings. The molecule has 0 saturated carbocycles. The molecule has 2 N–H and O–H groups in total. The summed E-state index contributed by atoms with van der Waals surface area (Å²) in [6.07, 6.45) is 2.23. The van der Waals surface area contributed by atoms with Crippen molar-refractivity contribution < 1.29 is 9.53 Å². The summed E-state index contributed by atoms with van der Waals surface area (Å²) >= 11 is 0. The van der Waals surface area contributed by atoms with Crippen molar-refractivity contribution in [3.05, 3.63) is 0 Å². The molecular formula is C16H31N3O2. The second-order valence-electron chi connectivity index (χ2n) is 7.06. The van der Waals surface area contributed by atoms with Crippen LogP contribution in [0, 0.1) is 5.92 Å². The van der Waals surface area contributed by atoms with Crippen molar-refractivity contribution in [1.82, 2.24) is 9.80 Å². The number of hydrogen-bond donors (Lipinski definition) is 1. The summed E-state index contributed by atoms with van der Waals surface area (Å²) in [5, 5.41) is 0. The molecule has 21 heavy (non-hydrogen) atoms. The lowest BCUT2D eigenvalue weighted by molar-refractivity contribution is -0.146. The first-order valence-corrected chi connectivity index (χ1v) is 8.32. The predicted molar refractivity (Wildman–Crippen MR) is 84.0 cm³/mol. The van der Waals surface area contributed by atoms with Gasteiger partial charge in [-0.3, -0.25) is 9.69 Å². The molecule has 0 aromatic rings. The Bertz CT molecular complexity index is 343. The zero-order chi connectivity index (χ0) is 15.6. The molecule has 3 atom stereocenters. The third kappa shape index (κ3) is 4.18. The van der Waals surface area contributed by atoms with E-state index in [0.717, 1.165) is 39.0 Å². The van der Waals surface area contributed by atoms with Gasteiger partial charge < -0.3 is 15.4 Å². The van der Waals surface area contributed by atoms with Crippen LogP contribution in [0.25, 0.3) is 0 Å². The van der Waals surface area contributed by atoms with Crippen molar-refractivity contribution in [1.29, 1.82) is 0 Å². The van der Waals surface area contributed by atoms with Crippen LogP contribution in [0.5, 0.6) is 0 Å². The van der Waals surface area contributed by atoms with Crippen LogP contribution in [0.2, 0.25) is 0 Å². The average Bonchev–Trinajstić information content (AvgIpc) is 2.37. The molecule has 3 unspecified atom stereocenters. The maximum Gasteiger partial charge on any atom is 0.240 e. The maximum atomic E-state index is 13.0. The summed E-state index contributed by atoms with van der Waals surface area (Å²) in [6, 6.07) is 0.225. The van der Waals surface area contributed by atoms with E-state index in [0.29, 0.717) is 5.92 Å². The fourth-order valence-corrected chi connectivity index (χ4v) is 3.61. The van der Waals surface area contributed by atoms with Gasteiger partial charge in [-0.05, 0) is 32.6 Å². The van der Waals surface area contributed by atoms with Crippen molar-refractivity contribution in [3.8, 4) is 0 Å². The van der Waals surface area contributed by atoms with E-state index >= 15 is 0 Å². The highest BCUT2D eigenvalue weighted by Gasteiger charge is 2.37. The summed E-state index contributed by atoms with van der Waals surface area (Å²) < 4.78 is 5.80. The Hall–Kier alpha value is -0.650. The molecule has 1 amide bonds. The molecule has 0 bridgehead atoms. The Kier molecular flexibility index (Phi) is 5.63. The fourth-order valence-electron chi connectivity index (χ4n) is 3.61. The molecule has 0 radical (unpaired) electrons. The summed E-state index contributed by atoms with van der Waals surface area (Å²) in [7, 11) is 0. The minimum absolute atomic E-state index is 0.0341. The zero-order valence-electron chi connectivity index (χ0n) is 13.9. The SMILES string of the molecule is CC1CN(C(C(=O)N2CCC(N)CC2)C(C)C)CC(C)O1. The van der Waals surface area contributed by atoms with Crippen LogP contribution in [0.1, 0.15) is 40.5 Å². The van der Waals surface area contributed by atoms with Crippen LogP contribution in [-0.2, 0) is 9.53 Å². The number of carbonyl (C=O) groups is 1. The van der Waals surface area contributed by atoms with Crippen molar-refractivity contribution in [3.63, 3.8) is 0 Å². The molecule has 0 aromatic heterocycles. The first-order chi connectivity index (χ1) is 9.88. The highest BCUT2D eigenvalue weighted by Crippen LogP contribution is 2.21. The molecule has 0 aromatic carbocycles. The van der Waals surface area contributed by atoms with Gasteiger partial charge in [0, 0.05) is 32.2 Å². The number of rotatable bonds is 3. The van der Waals surface area contributed by atoms with Crippen LogP contribution in [-0.4, -0.2) is 66.2 Å². The minimum Gasteiger partial charge on any atom is -0.373 e. The molecule has 5 nitrogen and oxygen atoms in total. The topological polar surface area (TPSA) is 58.8 Å². The number of carbonyl (C=O) groups excluding carboxylic acids is 1. The highest BCUT2D eigenvalue weighted by atomic mass is 16.5. The Balaban J connectivity index is 2.05. The highest BCUT2D eigenvalue weighted by molar-refractivity contribution is 5.82. The van der Waals surface area contributed by atoms with Gasteiger partial charge in [0.1, 0.15) is 0 Å². The largest absolute Gasteiger partial charge is 0.373 e. The van der Waals surface area contributed by atoms with Gasteiger partial charge >= 0.3 is 0 Å². The third-order valence-corrected chi connectivity index (χ3v) is 4.58. The molecular weight excluding hydrogens is 266 g/mol. The Morgan fingerprint density at radius 3 is 2.14 bits per heavy atom. The quantitative estimate of drug-likeness (QED) is 0.846. The van der Waals surface area contributed by atoms with E-state index in [1.807, 2.05) is 4.90 Å². The van der Waals surface area contributed by atoms with Gasteiger partial charge in [0.25, 0.3) is 0 Å². The van der Waals surface area contributed by atoms with E-state index in [-0.39, 0.29) is 30.2 Å². The van der Waals surface area contributed by atoms with E-state index in [1.165, 1.54) is 0 Å². The van der Waals surface area contributed by atoms with Gasteiger partial charge in [-0.2, -0.15) is 0 Å². The van der Waals surface area contributed by atoms with Gasteiger partial charge in [0.05, 0.1) is 18.2 Å². The van der Waals surface area contributed by atoms with Crippen molar-refractivity contribution >= 4 is 5.91 Å². The van der Waals surface area contributed by atoms with E-state index in [4.69, 9.17) is 10.5 Å². The number of ether oxygens (including phenoxy) is 1. The van der Waals surface area contributed by atoms with Gasteiger partial charge in [0.15, 0.2) is 0 Å². The Morgan fingerprint density at radius 2 is 1.67 bits per heavy atom. The van der Waals surface area contributed by atoms with Gasteiger partial charge in [-0.1, -0.05) is 13.8 Å². The lowest BCUT2D eigenvalue weighted by Crippen LogP contribution is -2.58. The molecule has 0 aliphatic carbocycles. The first kappa shape index (κ1) is 16.7. The summed E-state index contributed by atoms with van der Waals surface area (Å²) in [5.41, 5.74) is 5.95.